The largest absolute Gasteiger partial charge is 0.497 e. The van der Waals surface area contributed by atoms with E-state index in [4.69, 9.17) is 20.8 Å². The van der Waals surface area contributed by atoms with Crippen molar-refractivity contribution in [3.63, 3.8) is 0 Å². The minimum absolute atomic E-state index is 0.294. The molecule has 0 amide bonds. The van der Waals surface area contributed by atoms with Crippen LogP contribution in [0, 0.1) is 6.92 Å². The summed E-state index contributed by atoms with van der Waals surface area (Å²) in [6.07, 6.45) is 1.82. The monoisotopic (exact) mass is 376 g/mol. The summed E-state index contributed by atoms with van der Waals surface area (Å²) in [4.78, 5) is 0. The molecular formula is C22H17ClN2O2. The van der Waals surface area contributed by atoms with Crippen LogP contribution in [0.1, 0.15) is 17.0 Å². The smallest absolute Gasteiger partial charge is 0.259 e. The van der Waals surface area contributed by atoms with Crippen LogP contribution in [0.25, 0.3) is 33.3 Å². The molecule has 0 bridgehead atoms. The number of aromatic nitrogens is 2. The summed E-state index contributed by atoms with van der Waals surface area (Å²) >= 11 is 6.42. The maximum atomic E-state index is 6.42. The number of ether oxygens (including phenoxy) is 1. The third kappa shape index (κ3) is 3.71. The summed E-state index contributed by atoms with van der Waals surface area (Å²) in [6, 6.07) is 19.9. The van der Waals surface area contributed by atoms with Crippen LogP contribution >= 0.6 is 11.6 Å². The molecule has 0 aliphatic heterocycles. The van der Waals surface area contributed by atoms with Gasteiger partial charge in [0.1, 0.15) is 10.8 Å². The van der Waals surface area contributed by atoms with Gasteiger partial charge in [0.05, 0.1) is 7.11 Å². The van der Waals surface area contributed by atoms with E-state index in [-0.39, 0.29) is 0 Å². The van der Waals surface area contributed by atoms with Crippen molar-refractivity contribution in [3.8, 4) is 17.2 Å². The fourth-order valence-electron chi connectivity index (χ4n) is 2.88. The highest BCUT2D eigenvalue weighted by atomic mass is 35.5. The summed E-state index contributed by atoms with van der Waals surface area (Å²) in [6.45, 7) is 2.02. The lowest BCUT2D eigenvalue weighted by Gasteiger charge is -2.03. The molecule has 3 aromatic carbocycles. The Balaban J connectivity index is 1.63. The molecule has 27 heavy (non-hydrogen) atoms. The van der Waals surface area contributed by atoms with E-state index >= 15 is 0 Å². The highest BCUT2D eigenvalue weighted by Gasteiger charge is 2.11. The van der Waals surface area contributed by atoms with Gasteiger partial charge < -0.3 is 9.15 Å². The van der Waals surface area contributed by atoms with Gasteiger partial charge in [0.15, 0.2) is 0 Å². The van der Waals surface area contributed by atoms with E-state index in [1.165, 1.54) is 0 Å². The van der Waals surface area contributed by atoms with Crippen molar-refractivity contribution < 1.29 is 9.15 Å². The molecule has 1 heterocycles. The number of benzene rings is 3. The molecule has 0 unspecified atom stereocenters. The molecule has 5 heteroatoms. The van der Waals surface area contributed by atoms with Crippen molar-refractivity contribution >= 4 is 33.5 Å². The van der Waals surface area contributed by atoms with Crippen molar-refractivity contribution in [3.05, 3.63) is 77.7 Å². The molecule has 0 saturated heterocycles. The van der Waals surface area contributed by atoms with E-state index in [1.807, 2.05) is 67.6 Å². The maximum absolute atomic E-state index is 6.42. The molecule has 0 spiro atoms. The van der Waals surface area contributed by atoms with Crippen LogP contribution in [0.2, 0.25) is 0 Å². The zero-order valence-electron chi connectivity index (χ0n) is 14.9. The van der Waals surface area contributed by atoms with E-state index in [0.717, 1.165) is 33.2 Å². The predicted molar refractivity (Wildman–Crippen MR) is 109 cm³/mol. The number of hydrogen-bond acceptors (Lipinski definition) is 4. The summed E-state index contributed by atoms with van der Waals surface area (Å²) in [5.41, 5.74) is 2.95. The number of hydrogen-bond donors (Lipinski definition) is 0. The second-order valence-corrected chi connectivity index (χ2v) is 6.65. The number of rotatable bonds is 4. The molecule has 4 aromatic rings. The SMILES string of the molecule is COc1ccc2cc(/C=C(\Cl)c3nnc(-c4cccc(C)c4)o3)ccc2c1. The molecular weight excluding hydrogens is 360 g/mol. The number of fused-ring (bicyclic) bond motifs is 1. The lowest BCUT2D eigenvalue weighted by Crippen LogP contribution is -1.83. The highest BCUT2D eigenvalue weighted by Crippen LogP contribution is 2.27. The van der Waals surface area contributed by atoms with Crippen LogP contribution in [0.3, 0.4) is 0 Å². The highest BCUT2D eigenvalue weighted by molar-refractivity contribution is 6.50. The molecule has 0 aliphatic rings. The van der Waals surface area contributed by atoms with Crippen LogP contribution in [-0.2, 0) is 0 Å². The minimum atomic E-state index is 0.294. The van der Waals surface area contributed by atoms with E-state index in [1.54, 1.807) is 7.11 Å². The lowest BCUT2D eigenvalue weighted by molar-refractivity contribution is 0.415. The Morgan fingerprint density at radius 2 is 1.81 bits per heavy atom. The van der Waals surface area contributed by atoms with Gasteiger partial charge in [-0.3, -0.25) is 0 Å². The molecule has 4 nitrogen and oxygen atoms in total. The zero-order chi connectivity index (χ0) is 18.8. The first-order valence-electron chi connectivity index (χ1n) is 8.48. The molecule has 0 aliphatic carbocycles. The van der Waals surface area contributed by atoms with Crippen molar-refractivity contribution in [2.75, 3.05) is 7.11 Å². The third-order valence-corrected chi connectivity index (χ3v) is 4.53. The normalized spacial score (nSPS) is 11.7. The fraction of sp³-hybridized carbons (Fsp3) is 0.0909. The molecule has 4 rings (SSSR count). The van der Waals surface area contributed by atoms with Gasteiger partial charge in [0, 0.05) is 5.56 Å². The molecule has 0 fully saturated rings. The third-order valence-electron chi connectivity index (χ3n) is 4.26. The average molecular weight is 377 g/mol. The molecule has 134 valence electrons. The number of nitrogens with zero attached hydrogens (tertiary/aromatic N) is 2. The number of aryl methyl sites for hydroxylation is 1. The van der Waals surface area contributed by atoms with Crippen molar-refractivity contribution in [2.45, 2.75) is 6.92 Å². The quantitative estimate of drug-likeness (QED) is 0.442. The molecule has 0 saturated carbocycles. The average Bonchev–Trinajstić information content (AvgIpc) is 3.18. The first-order chi connectivity index (χ1) is 13.1. The van der Waals surface area contributed by atoms with Gasteiger partial charge in [-0.05, 0) is 59.7 Å². The van der Waals surface area contributed by atoms with Crippen molar-refractivity contribution in [2.24, 2.45) is 0 Å². The number of halogens is 1. The van der Waals surface area contributed by atoms with Gasteiger partial charge in [-0.1, -0.05) is 47.5 Å². The number of methoxy groups -OCH3 is 1. The summed E-state index contributed by atoms with van der Waals surface area (Å²) in [7, 11) is 1.66. The van der Waals surface area contributed by atoms with Gasteiger partial charge >= 0.3 is 0 Å². The zero-order valence-corrected chi connectivity index (χ0v) is 15.7. The second kappa shape index (κ2) is 7.25. The standard InChI is InChI=1S/C22H17ClN2O2/c1-14-4-3-5-18(10-14)21-24-25-22(27-21)20(23)12-15-6-7-17-13-19(26-2)9-8-16(17)11-15/h3-13H,1-2H3/b20-12-. The first-order valence-corrected chi connectivity index (χ1v) is 8.86. The van der Waals surface area contributed by atoms with E-state index in [0.29, 0.717) is 16.8 Å². The topological polar surface area (TPSA) is 48.2 Å². The van der Waals surface area contributed by atoms with Crippen molar-refractivity contribution in [1.29, 1.82) is 0 Å². The summed E-state index contributed by atoms with van der Waals surface area (Å²) in [5, 5.41) is 10.8. The molecule has 0 radical (unpaired) electrons. The Hall–Kier alpha value is -3.11. The predicted octanol–water partition coefficient (Wildman–Crippen LogP) is 5.94. The van der Waals surface area contributed by atoms with Crippen LogP contribution in [0.5, 0.6) is 5.75 Å². The second-order valence-electron chi connectivity index (χ2n) is 6.25. The fourth-order valence-corrected chi connectivity index (χ4v) is 3.08. The van der Waals surface area contributed by atoms with Gasteiger partial charge in [-0.25, -0.2) is 0 Å². The van der Waals surface area contributed by atoms with Crippen LogP contribution in [0.15, 0.2) is 65.1 Å². The Kier molecular flexibility index (Phi) is 4.65. The van der Waals surface area contributed by atoms with Gasteiger partial charge in [0.2, 0.25) is 5.89 Å². The Bertz CT molecular complexity index is 1150. The lowest BCUT2D eigenvalue weighted by atomic mass is 10.1. The van der Waals surface area contributed by atoms with E-state index < -0.39 is 0 Å². The van der Waals surface area contributed by atoms with Gasteiger partial charge in [-0.15, -0.1) is 10.2 Å². The van der Waals surface area contributed by atoms with Gasteiger partial charge in [0.25, 0.3) is 5.89 Å². The van der Waals surface area contributed by atoms with E-state index in [9.17, 15) is 0 Å². The van der Waals surface area contributed by atoms with Crippen LogP contribution in [-0.4, -0.2) is 17.3 Å². The van der Waals surface area contributed by atoms with Crippen LogP contribution in [0.4, 0.5) is 0 Å². The molecule has 1 aromatic heterocycles. The van der Waals surface area contributed by atoms with Crippen molar-refractivity contribution in [1.82, 2.24) is 10.2 Å². The Morgan fingerprint density at radius 3 is 2.63 bits per heavy atom. The maximum Gasteiger partial charge on any atom is 0.259 e. The first kappa shape index (κ1) is 17.3. The molecule has 0 atom stereocenters. The summed E-state index contributed by atoms with van der Waals surface area (Å²) in [5.74, 6) is 1.58. The molecule has 0 N–H and O–H groups in total. The Morgan fingerprint density at radius 1 is 1.00 bits per heavy atom. The van der Waals surface area contributed by atoms with E-state index in [2.05, 4.69) is 16.3 Å². The van der Waals surface area contributed by atoms with Crippen LogP contribution < -0.4 is 4.74 Å². The summed E-state index contributed by atoms with van der Waals surface area (Å²) < 4.78 is 11.0. The Labute approximate surface area is 162 Å². The van der Waals surface area contributed by atoms with Gasteiger partial charge in [-0.2, -0.15) is 0 Å². The minimum Gasteiger partial charge on any atom is -0.497 e.